The molecule has 0 bridgehead atoms. The predicted molar refractivity (Wildman–Crippen MR) is 95.8 cm³/mol. The Bertz CT molecular complexity index is 407. The predicted octanol–water partition coefficient (Wildman–Crippen LogP) is 4.14. The number of nitrogens with two attached hydrogens (primary N) is 2. The minimum absolute atomic E-state index is 0.0556. The SMILES string of the molecule is CC(C)C.Cc1cccc(C2CCCCC2)c1.NCC(N)=O. The van der Waals surface area contributed by atoms with Crippen LogP contribution in [-0.2, 0) is 4.79 Å². The number of benzene rings is 1. The second-order valence-corrected chi connectivity index (χ2v) is 6.65. The molecule has 2 rings (SSSR count). The van der Waals surface area contributed by atoms with Gasteiger partial charge in [-0.25, -0.2) is 0 Å². The van der Waals surface area contributed by atoms with Crippen LogP contribution in [0.1, 0.15) is 69.9 Å². The number of rotatable bonds is 2. The Hall–Kier alpha value is -1.35. The molecule has 22 heavy (non-hydrogen) atoms. The van der Waals surface area contributed by atoms with E-state index in [1.807, 2.05) is 0 Å². The lowest BCUT2D eigenvalue weighted by Crippen LogP contribution is -2.21. The van der Waals surface area contributed by atoms with Crippen LogP contribution in [0.2, 0.25) is 0 Å². The van der Waals surface area contributed by atoms with Crippen molar-refractivity contribution in [2.24, 2.45) is 17.4 Å². The number of carbonyl (C=O) groups excluding carboxylic acids is 1. The van der Waals surface area contributed by atoms with Crippen LogP contribution in [0, 0.1) is 12.8 Å². The lowest BCUT2D eigenvalue weighted by molar-refractivity contribution is -0.116. The lowest BCUT2D eigenvalue weighted by atomic mass is 9.84. The highest BCUT2D eigenvalue weighted by Crippen LogP contribution is 2.32. The minimum atomic E-state index is -0.468. The van der Waals surface area contributed by atoms with Crippen molar-refractivity contribution in [3.05, 3.63) is 35.4 Å². The van der Waals surface area contributed by atoms with E-state index in [2.05, 4.69) is 57.7 Å². The summed E-state index contributed by atoms with van der Waals surface area (Å²) in [5, 5.41) is 0. The summed E-state index contributed by atoms with van der Waals surface area (Å²) in [6.07, 6.45) is 7.12. The molecule has 0 aromatic heterocycles. The summed E-state index contributed by atoms with van der Waals surface area (Å²) in [4.78, 5) is 9.47. The summed E-state index contributed by atoms with van der Waals surface area (Å²) in [6.45, 7) is 8.63. The topological polar surface area (TPSA) is 69.1 Å². The van der Waals surface area contributed by atoms with Crippen molar-refractivity contribution >= 4 is 5.91 Å². The van der Waals surface area contributed by atoms with Gasteiger partial charge in [-0.15, -0.1) is 0 Å². The van der Waals surface area contributed by atoms with E-state index in [1.165, 1.54) is 37.7 Å². The van der Waals surface area contributed by atoms with Crippen molar-refractivity contribution in [1.29, 1.82) is 0 Å². The van der Waals surface area contributed by atoms with Crippen molar-refractivity contribution in [3.63, 3.8) is 0 Å². The second-order valence-electron chi connectivity index (χ2n) is 6.65. The van der Waals surface area contributed by atoms with Crippen molar-refractivity contribution in [2.75, 3.05) is 6.54 Å². The van der Waals surface area contributed by atoms with E-state index in [-0.39, 0.29) is 6.54 Å². The van der Waals surface area contributed by atoms with E-state index in [4.69, 9.17) is 5.73 Å². The van der Waals surface area contributed by atoms with Crippen LogP contribution in [0.5, 0.6) is 0 Å². The molecule has 0 unspecified atom stereocenters. The molecule has 0 saturated heterocycles. The molecule has 3 nitrogen and oxygen atoms in total. The van der Waals surface area contributed by atoms with Crippen LogP contribution in [0.15, 0.2) is 24.3 Å². The molecule has 126 valence electrons. The summed E-state index contributed by atoms with van der Waals surface area (Å²) in [5.74, 6) is 1.22. The van der Waals surface area contributed by atoms with E-state index in [0.29, 0.717) is 0 Å². The third kappa shape index (κ3) is 11.3. The average Bonchev–Trinajstić information content (AvgIpc) is 2.48. The Kier molecular flexibility index (Phi) is 11.5. The molecule has 0 heterocycles. The first-order valence-electron chi connectivity index (χ1n) is 8.41. The molecule has 1 fully saturated rings. The summed E-state index contributed by atoms with van der Waals surface area (Å²) >= 11 is 0. The fraction of sp³-hybridized carbons (Fsp3) is 0.632. The first kappa shape index (κ1) is 20.6. The number of amides is 1. The van der Waals surface area contributed by atoms with Crippen LogP contribution < -0.4 is 11.5 Å². The van der Waals surface area contributed by atoms with Gasteiger partial charge in [-0.05, 0) is 37.2 Å². The van der Waals surface area contributed by atoms with Gasteiger partial charge in [0.15, 0.2) is 0 Å². The maximum Gasteiger partial charge on any atom is 0.231 e. The molecule has 0 atom stereocenters. The molecule has 1 aromatic carbocycles. The number of aryl methyl sites for hydroxylation is 1. The van der Waals surface area contributed by atoms with Crippen LogP contribution in [0.25, 0.3) is 0 Å². The van der Waals surface area contributed by atoms with Gasteiger partial charge in [0.1, 0.15) is 0 Å². The highest BCUT2D eigenvalue weighted by atomic mass is 16.1. The number of hydrogen-bond donors (Lipinski definition) is 2. The number of carbonyl (C=O) groups is 1. The molecule has 1 aromatic rings. The van der Waals surface area contributed by atoms with E-state index in [9.17, 15) is 4.79 Å². The average molecular weight is 306 g/mol. The van der Waals surface area contributed by atoms with Crippen molar-refractivity contribution in [2.45, 2.75) is 65.7 Å². The molecule has 0 spiro atoms. The molecular weight excluding hydrogens is 272 g/mol. The molecule has 1 amide bonds. The largest absolute Gasteiger partial charge is 0.369 e. The Morgan fingerprint density at radius 1 is 1.18 bits per heavy atom. The molecule has 0 radical (unpaired) electrons. The highest BCUT2D eigenvalue weighted by Gasteiger charge is 2.14. The van der Waals surface area contributed by atoms with Gasteiger partial charge in [0.2, 0.25) is 5.91 Å². The standard InChI is InChI=1S/C13H18.C4H10.C2H6N2O/c1-11-6-5-9-13(10-11)12-7-3-2-4-8-12;1-4(2)3;3-1-2(4)5/h5-6,9-10,12H,2-4,7-8H2,1H3;4H,1-3H3;1,3H2,(H2,4,5). The molecule has 4 N–H and O–H groups in total. The zero-order valence-corrected chi connectivity index (χ0v) is 14.8. The molecule has 1 saturated carbocycles. The molecule has 3 heteroatoms. The van der Waals surface area contributed by atoms with E-state index < -0.39 is 5.91 Å². The molecule has 0 aliphatic heterocycles. The fourth-order valence-corrected chi connectivity index (χ4v) is 2.36. The molecule has 1 aliphatic rings. The quantitative estimate of drug-likeness (QED) is 0.862. The maximum absolute atomic E-state index is 9.47. The Balaban J connectivity index is 0.000000411. The Morgan fingerprint density at radius 3 is 2.09 bits per heavy atom. The van der Waals surface area contributed by atoms with Gasteiger partial charge in [-0.3, -0.25) is 4.79 Å². The van der Waals surface area contributed by atoms with Crippen LogP contribution >= 0.6 is 0 Å². The fourth-order valence-electron chi connectivity index (χ4n) is 2.36. The molecular formula is C19H34N2O. The smallest absolute Gasteiger partial charge is 0.231 e. The van der Waals surface area contributed by atoms with Gasteiger partial charge in [0, 0.05) is 0 Å². The van der Waals surface area contributed by atoms with Crippen molar-refractivity contribution in [1.82, 2.24) is 0 Å². The zero-order chi connectivity index (χ0) is 17.0. The summed E-state index contributed by atoms with van der Waals surface area (Å²) < 4.78 is 0. The van der Waals surface area contributed by atoms with Gasteiger partial charge in [-0.2, -0.15) is 0 Å². The van der Waals surface area contributed by atoms with Crippen molar-refractivity contribution in [3.8, 4) is 0 Å². The third-order valence-corrected chi connectivity index (χ3v) is 3.32. The van der Waals surface area contributed by atoms with Gasteiger partial charge in [0.25, 0.3) is 0 Å². The van der Waals surface area contributed by atoms with E-state index in [1.54, 1.807) is 5.56 Å². The Labute approximate surface area is 136 Å². The number of primary amides is 1. The van der Waals surface area contributed by atoms with Gasteiger partial charge in [-0.1, -0.05) is 69.9 Å². The first-order valence-corrected chi connectivity index (χ1v) is 8.41. The van der Waals surface area contributed by atoms with Gasteiger partial charge < -0.3 is 11.5 Å². The van der Waals surface area contributed by atoms with Crippen molar-refractivity contribution < 1.29 is 4.79 Å². The first-order chi connectivity index (χ1) is 10.4. The summed E-state index contributed by atoms with van der Waals surface area (Å²) in [7, 11) is 0. The number of hydrogen-bond acceptors (Lipinski definition) is 2. The van der Waals surface area contributed by atoms with Crippen LogP contribution in [-0.4, -0.2) is 12.5 Å². The highest BCUT2D eigenvalue weighted by molar-refractivity contribution is 5.75. The monoisotopic (exact) mass is 306 g/mol. The van der Waals surface area contributed by atoms with Gasteiger partial charge in [0.05, 0.1) is 6.54 Å². The van der Waals surface area contributed by atoms with Gasteiger partial charge >= 0.3 is 0 Å². The summed E-state index contributed by atoms with van der Waals surface area (Å²) in [5.41, 5.74) is 12.2. The lowest BCUT2D eigenvalue weighted by Gasteiger charge is -2.22. The molecule has 1 aliphatic carbocycles. The van der Waals surface area contributed by atoms with E-state index in [0.717, 1.165) is 11.8 Å². The minimum Gasteiger partial charge on any atom is -0.369 e. The normalized spacial score (nSPS) is 14.5. The van der Waals surface area contributed by atoms with Crippen LogP contribution in [0.3, 0.4) is 0 Å². The second kappa shape index (κ2) is 12.2. The zero-order valence-electron chi connectivity index (χ0n) is 14.8. The maximum atomic E-state index is 9.47. The summed E-state index contributed by atoms with van der Waals surface area (Å²) in [6, 6.07) is 9.03. The van der Waals surface area contributed by atoms with E-state index >= 15 is 0 Å². The van der Waals surface area contributed by atoms with Crippen LogP contribution in [0.4, 0.5) is 0 Å². The Morgan fingerprint density at radius 2 is 1.68 bits per heavy atom. The third-order valence-electron chi connectivity index (χ3n) is 3.32.